The third kappa shape index (κ3) is 5.14. The lowest BCUT2D eigenvalue weighted by Gasteiger charge is -2.21. The molecule has 0 saturated heterocycles. The predicted octanol–water partition coefficient (Wildman–Crippen LogP) is 4.76. The van der Waals surface area contributed by atoms with Gasteiger partial charge in [0.05, 0.1) is 22.9 Å². The number of carbonyl (C=O) groups excluding carboxylic acids is 1. The van der Waals surface area contributed by atoms with Gasteiger partial charge in [-0.25, -0.2) is 8.42 Å². The first kappa shape index (κ1) is 23.7. The summed E-state index contributed by atoms with van der Waals surface area (Å²) in [4.78, 5) is 15.2. The van der Waals surface area contributed by atoms with E-state index < -0.39 is 15.1 Å². The molecule has 2 aromatic carbocycles. The van der Waals surface area contributed by atoms with Crippen molar-refractivity contribution in [1.29, 1.82) is 0 Å². The average Bonchev–Trinajstić information content (AvgIpc) is 2.75. The lowest BCUT2D eigenvalue weighted by Crippen LogP contribution is -2.22. The van der Waals surface area contributed by atoms with E-state index in [1.54, 1.807) is 18.2 Å². The zero-order valence-electron chi connectivity index (χ0n) is 18.4. The summed E-state index contributed by atoms with van der Waals surface area (Å²) in [6.07, 6.45) is 1.07. The van der Waals surface area contributed by atoms with E-state index in [4.69, 9.17) is 4.74 Å². The summed E-state index contributed by atoms with van der Waals surface area (Å²) in [5.41, 5.74) is 1.87. The van der Waals surface area contributed by atoms with Gasteiger partial charge in [-0.2, -0.15) is 0 Å². The van der Waals surface area contributed by atoms with Crippen molar-refractivity contribution in [2.75, 3.05) is 30.4 Å². The predicted molar refractivity (Wildman–Crippen MR) is 123 cm³/mol. The lowest BCUT2D eigenvalue weighted by atomic mass is 10.1. The van der Waals surface area contributed by atoms with Gasteiger partial charge in [0.15, 0.2) is 9.84 Å². The van der Waals surface area contributed by atoms with E-state index in [2.05, 4.69) is 24.1 Å². The van der Waals surface area contributed by atoms with Gasteiger partial charge in [0.1, 0.15) is 5.75 Å². The smallest absolute Gasteiger partial charge is 0.255 e. The fraction of sp³-hybridized carbons (Fsp3) is 0.435. The Kier molecular flexibility index (Phi) is 8.29. The topological polar surface area (TPSA) is 75.7 Å². The van der Waals surface area contributed by atoms with Crippen molar-refractivity contribution in [1.82, 2.24) is 0 Å². The fourth-order valence-corrected chi connectivity index (χ4v) is 5.29. The van der Waals surface area contributed by atoms with Gasteiger partial charge in [-0.05, 0) is 69.2 Å². The van der Waals surface area contributed by atoms with Crippen LogP contribution in [0.1, 0.15) is 50.9 Å². The lowest BCUT2D eigenvalue weighted by molar-refractivity contribution is 0.102. The summed E-state index contributed by atoms with van der Waals surface area (Å²) in [5, 5.41) is 2.34. The molecule has 0 aliphatic rings. The van der Waals surface area contributed by atoms with Gasteiger partial charge < -0.3 is 15.0 Å². The Labute approximate surface area is 180 Å². The number of anilines is 2. The molecule has 0 spiro atoms. The van der Waals surface area contributed by atoms with Crippen LogP contribution in [0.25, 0.3) is 0 Å². The highest BCUT2D eigenvalue weighted by atomic mass is 32.2. The molecule has 0 atom stereocenters. The van der Waals surface area contributed by atoms with E-state index in [0.717, 1.165) is 18.8 Å². The molecule has 0 aromatic heterocycles. The van der Waals surface area contributed by atoms with Crippen molar-refractivity contribution >= 4 is 27.1 Å². The van der Waals surface area contributed by atoms with Crippen LogP contribution in [0.4, 0.5) is 11.4 Å². The third-order valence-corrected chi connectivity index (χ3v) is 7.81. The molecule has 0 saturated carbocycles. The quantitative estimate of drug-likeness (QED) is 0.586. The van der Waals surface area contributed by atoms with Gasteiger partial charge >= 0.3 is 0 Å². The summed E-state index contributed by atoms with van der Waals surface area (Å²) >= 11 is 0. The molecule has 0 aliphatic carbocycles. The maximum Gasteiger partial charge on any atom is 0.255 e. The number of nitrogens with one attached hydrogen (secondary N) is 1. The Bertz CT molecular complexity index is 948. The number of hydrogen-bond donors (Lipinski definition) is 1. The van der Waals surface area contributed by atoms with Crippen molar-refractivity contribution in [3.05, 3.63) is 48.0 Å². The number of amides is 1. The Morgan fingerprint density at radius 1 is 1.00 bits per heavy atom. The summed E-state index contributed by atoms with van der Waals surface area (Å²) < 4.78 is 31.1. The summed E-state index contributed by atoms with van der Waals surface area (Å²) in [5.74, 6) is 0.0862. The molecular formula is C23H32N2O4S. The van der Waals surface area contributed by atoms with Crippen LogP contribution in [0, 0.1) is 0 Å². The van der Waals surface area contributed by atoms with Crippen molar-refractivity contribution in [2.45, 2.75) is 50.7 Å². The van der Waals surface area contributed by atoms with Gasteiger partial charge in [0.25, 0.3) is 5.91 Å². The molecule has 0 unspecified atom stereocenters. The third-order valence-electron chi connectivity index (χ3n) is 5.36. The van der Waals surface area contributed by atoms with E-state index in [1.165, 1.54) is 19.2 Å². The molecular weight excluding hydrogens is 400 g/mol. The second kappa shape index (κ2) is 10.5. The molecule has 0 radical (unpaired) electrons. The molecule has 30 heavy (non-hydrogen) atoms. The highest BCUT2D eigenvalue weighted by molar-refractivity contribution is 7.92. The van der Waals surface area contributed by atoms with E-state index in [-0.39, 0.29) is 10.8 Å². The summed E-state index contributed by atoms with van der Waals surface area (Å²) in [6.45, 7) is 9.66. The summed E-state index contributed by atoms with van der Waals surface area (Å²) in [7, 11) is -2.00. The number of nitrogens with zero attached hydrogens (tertiary/aromatic N) is 1. The Balaban J connectivity index is 2.32. The van der Waals surface area contributed by atoms with E-state index in [1.807, 2.05) is 26.0 Å². The summed E-state index contributed by atoms with van der Waals surface area (Å²) in [6, 6.07) is 11.9. The average molecular weight is 433 g/mol. The molecule has 2 rings (SSSR count). The monoisotopic (exact) mass is 432 g/mol. The molecule has 1 amide bonds. The minimum absolute atomic E-state index is 0.184. The highest BCUT2D eigenvalue weighted by Crippen LogP contribution is 2.31. The standard InChI is InChI=1S/C23H32N2O4S/c1-6-19(7-2)30(27,28)20-14-15-22(29-5)21(16-20)24-23(26)17-10-12-18(13-11-17)25(8-3)9-4/h10-16,19H,6-9H2,1-5H3,(H,24,26). The molecule has 2 aromatic rings. The number of ether oxygens (including phenoxy) is 1. The maximum absolute atomic E-state index is 12.9. The second-order valence-corrected chi connectivity index (χ2v) is 9.25. The van der Waals surface area contributed by atoms with Crippen LogP contribution >= 0.6 is 0 Å². The molecule has 0 heterocycles. The van der Waals surface area contributed by atoms with E-state index in [9.17, 15) is 13.2 Å². The fourth-order valence-electron chi connectivity index (χ4n) is 3.49. The van der Waals surface area contributed by atoms with Crippen LogP contribution in [0.2, 0.25) is 0 Å². The minimum Gasteiger partial charge on any atom is -0.495 e. The Morgan fingerprint density at radius 2 is 1.60 bits per heavy atom. The molecule has 6 nitrogen and oxygen atoms in total. The van der Waals surface area contributed by atoms with E-state index in [0.29, 0.717) is 29.8 Å². The van der Waals surface area contributed by atoms with E-state index >= 15 is 0 Å². The molecule has 0 bridgehead atoms. The molecule has 7 heteroatoms. The van der Waals surface area contributed by atoms with Gasteiger partial charge in [-0.3, -0.25) is 4.79 Å². The first-order valence-electron chi connectivity index (χ1n) is 10.4. The van der Waals surface area contributed by atoms with Crippen molar-refractivity contribution in [3.8, 4) is 5.75 Å². The second-order valence-electron chi connectivity index (χ2n) is 7.02. The van der Waals surface area contributed by atoms with Gasteiger partial charge in [-0.15, -0.1) is 0 Å². The number of sulfone groups is 1. The number of methoxy groups -OCH3 is 1. The van der Waals surface area contributed by atoms with Crippen molar-refractivity contribution < 1.29 is 17.9 Å². The zero-order valence-corrected chi connectivity index (χ0v) is 19.3. The number of rotatable bonds is 10. The maximum atomic E-state index is 12.9. The van der Waals surface area contributed by atoms with Crippen LogP contribution in [-0.4, -0.2) is 39.8 Å². The number of carbonyl (C=O) groups is 1. The number of hydrogen-bond acceptors (Lipinski definition) is 5. The first-order valence-corrected chi connectivity index (χ1v) is 11.9. The minimum atomic E-state index is -3.48. The highest BCUT2D eigenvalue weighted by Gasteiger charge is 2.25. The van der Waals surface area contributed by atoms with Crippen molar-refractivity contribution in [3.63, 3.8) is 0 Å². The van der Waals surface area contributed by atoms with Crippen LogP contribution in [-0.2, 0) is 9.84 Å². The molecule has 164 valence electrons. The number of benzene rings is 2. The normalized spacial score (nSPS) is 11.4. The van der Waals surface area contributed by atoms with Gasteiger partial charge in [0.2, 0.25) is 0 Å². The first-order chi connectivity index (χ1) is 14.3. The van der Waals surface area contributed by atoms with Gasteiger partial charge in [-0.1, -0.05) is 13.8 Å². The molecule has 1 N–H and O–H groups in total. The molecule has 0 fully saturated rings. The Hall–Kier alpha value is -2.54. The largest absolute Gasteiger partial charge is 0.495 e. The van der Waals surface area contributed by atoms with Crippen LogP contribution in [0.15, 0.2) is 47.4 Å². The van der Waals surface area contributed by atoms with Crippen LogP contribution < -0.4 is 15.0 Å². The Morgan fingerprint density at radius 3 is 2.10 bits per heavy atom. The van der Waals surface area contributed by atoms with Crippen molar-refractivity contribution in [2.24, 2.45) is 0 Å². The van der Waals surface area contributed by atoms with Gasteiger partial charge in [0, 0.05) is 24.3 Å². The van der Waals surface area contributed by atoms with Crippen LogP contribution in [0.5, 0.6) is 5.75 Å². The SMILES string of the molecule is CCC(CC)S(=O)(=O)c1ccc(OC)c(NC(=O)c2ccc(N(CC)CC)cc2)c1. The zero-order chi connectivity index (χ0) is 22.3. The molecule has 0 aliphatic heterocycles. The van der Waals surface area contributed by atoms with Crippen LogP contribution in [0.3, 0.4) is 0 Å².